The Kier molecular flexibility index (Phi) is 2.65. The maximum atomic E-state index is 5.61. The third-order valence-corrected chi connectivity index (χ3v) is 2.26. The average Bonchev–Trinajstić information content (AvgIpc) is 2.73. The molecule has 3 N–H and O–H groups in total. The lowest BCUT2D eigenvalue weighted by atomic mass is 10.2. The number of hydrazine groups is 1. The SMILES string of the molecule is CNN(C)C(CN)C1CC1. The molecule has 1 rings (SSSR count). The summed E-state index contributed by atoms with van der Waals surface area (Å²) < 4.78 is 0. The van der Waals surface area contributed by atoms with Gasteiger partial charge in [-0.2, -0.15) is 0 Å². The van der Waals surface area contributed by atoms with Crippen LogP contribution < -0.4 is 11.2 Å². The number of rotatable bonds is 4. The topological polar surface area (TPSA) is 41.3 Å². The normalized spacial score (nSPS) is 21.6. The van der Waals surface area contributed by atoms with Crippen molar-refractivity contribution in [2.75, 3.05) is 20.6 Å². The van der Waals surface area contributed by atoms with Crippen LogP contribution >= 0.6 is 0 Å². The maximum absolute atomic E-state index is 5.61. The number of nitrogens with one attached hydrogen (secondary N) is 1. The average molecular weight is 143 g/mol. The molecule has 1 unspecified atom stereocenters. The fourth-order valence-corrected chi connectivity index (χ4v) is 1.31. The summed E-state index contributed by atoms with van der Waals surface area (Å²) in [6, 6.07) is 0.546. The van der Waals surface area contributed by atoms with Crippen LogP contribution in [0.25, 0.3) is 0 Å². The summed E-state index contributed by atoms with van der Waals surface area (Å²) in [6.07, 6.45) is 2.71. The number of nitrogens with two attached hydrogens (primary N) is 1. The molecule has 1 atom stereocenters. The Morgan fingerprint density at radius 2 is 2.30 bits per heavy atom. The number of hydrogen-bond acceptors (Lipinski definition) is 3. The van der Waals surface area contributed by atoms with Gasteiger partial charge < -0.3 is 5.73 Å². The van der Waals surface area contributed by atoms with Gasteiger partial charge in [0.25, 0.3) is 0 Å². The molecule has 0 saturated heterocycles. The first kappa shape index (κ1) is 7.98. The van der Waals surface area contributed by atoms with Crippen LogP contribution in [-0.2, 0) is 0 Å². The van der Waals surface area contributed by atoms with Crippen molar-refractivity contribution in [2.24, 2.45) is 11.7 Å². The van der Waals surface area contributed by atoms with Gasteiger partial charge in [-0.1, -0.05) is 0 Å². The Hall–Kier alpha value is -0.120. The van der Waals surface area contributed by atoms with Crippen molar-refractivity contribution in [3.63, 3.8) is 0 Å². The monoisotopic (exact) mass is 143 g/mol. The van der Waals surface area contributed by atoms with E-state index in [0.717, 1.165) is 12.5 Å². The lowest BCUT2D eigenvalue weighted by Crippen LogP contribution is -2.45. The van der Waals surface area contributed by atoms with E-state index in [2.05, 4.69) is 17.5 Å². The van der Waals surface area contributed by atoms with E-state index >= 15 is 0 Å². The highest BCUT2D eigenvalue weighted by atomic mass is 15.5. The molecule has 1 fully saturated rings. The summed E-state index contributed by atoms with van der Waals surface area (Å²) in [4.78, 5) is 0. The fourth-order valence-electron chi connectivity index (χ4n) is 1.31. The predicted octanol–water partition coefficient (Wildman–Crippen LogP) is -0.210. The standard InChI is InChI=1S/C7H17N3/c1-9-10(2)7(5-8)6-3-4-6/h6-7,9H,3-5,8H2,1-2H3. The van der Waals surface area contributed by atoms with Gasteiger partial charge in [-0.3, -0.25) is 5.43 Å². The summed E-state index contributed by atoms with van der Waals surface area (Å²) in [6.45, 7) is 0.766. The maximum Gasteiger partial charge on any atom is 0.0390 e. The first-order valence-electron chi connectivity index (χ1n) is 3.90. The van der Waals surface area contributed by atoms with E-state index in [1.807, 2.05) is 7.05 Å². The Morgan fingerprint density at radius 1 is 1.70 bits per heavy atom. The van der Waals surface area contributed by atoms with Gasteiger partial charge in [0.2, 0.25) is 0 Å². The Bertz CT molecular complexity index is 101. The molecule has 3 nitrogen and oxygen atoms in total. The van der Waals surface area contributed by atoms with Gasteiger partial charge in [0.1, 0.15) is 0 Å². The molecule has 0 bridgehead atoms. The molecule has 10 heavy (non-hydrogen) atoms. The lowest BCUT2D eigenvalue weighted by Gasteiger charge is -2.25. The number of hydrogen-bond donors (Lipinski definition) is 2. The number of likely N-dealkylation sites (N-methyl/N-ethyl adjacent to an activating group) is 1. The predicted molar refractivity (Wildman–Crippen MR) is 42.4 cm³/mol. The minimum Gasteiger partial charge on any atom is -0.329 e. The zero-order valence-corrected chi connectivity index (χ0v) is 6.80. The highest BCUT2D eigenvalue weighted by Crippen LogP contribution is 2.33. The van der Waals surface area contributed by atoms with E-state index in [9.17, 15) is 0 Å². The van der Waals surface area contributed by atoms with Crippen molar-refractivity contribution in [1.82, 2.24) is 10.4 Å². The molecule has 0 aromatic rings. The molecule has 0 radical (unpaired) electrons. The molecule has 1 aliphatic rings. The van der Waals surface area contributed by atoms with E-state index in [0.29, 0.717) is 6.04 Å². The van der Waals surface area contributed by atoms with Gasteiger partial charge in [0.15, 0.2) is 0 Å². The third-order valence-electron chi connectivity index (χ3n) is 2.26. The zero-order valence-electron chi connectivity index (χ0n) is 6.80. The van der Waals surface area contributed by atoms with Crippen LogP contribution in [0.1, 0.15) is 12.8 Å². The minimum absolute atomic E-state index is 0.546. The van der Waals surface area contributed by atoms with Gasteiger partial charge in [-0.25, -0.2) is 5.01 Å². The molecule has 0 aromatic carbocycles. The van der Waals surface area contributed by atoms with E-state index in [-0.39, 0.29) is 0 Å². The molecule has 0 aliphatic heterocycles. The highest BCUT2D eigenvalue weighted by molar-refractivity contribution is 4.86. The molecule has 1 aliphatic carbocycles. The third kappa shape index (κ3) is 1.68. The van der Waals surface area contributed by atoms with Crippen LogP contribution in [0.4, 0.5) is 0 Å². The molecule has 60 valence electrons. The fraction of sp³-hybridized carbons (Fsp3) is 1.00. The summed E-state index contributed by atoms with van der Waals surface area (Å²) in [5.74, 6) is 0.849. The Labute approximate surface area is 62.5 Å². The quantitative estimate of drug-likeness (QED) is 0.535. The van der Waals surface area contributed by atoms with Crippen molar-refractivity contribution in [2.45, 2.75) is 18.9 Å². The molecule has 3 heteroatoms. The minimum atomic E-state index is 0.546. The van der Waals surface area contributed by atoms with Crippen molar-refractivity contribution >= 4 is 0 Å². The summed E-state index contributed by atoms with van der Waals surface area (Å²) in [7, 11) is 3.99. The van der Waals surface area contributed by atoms with E-state index < -0.39 is 0 Å². The molecule has 1 saturated carbocycles. The van der Waals surface area contributed by atoms with Crippen molar-refractivity contribution in [3.8, 4) is 0 Å². The largest absolute Gasteiger partial charge is 0.329 e. The molecule has 0 heterocycles. The first-order valence-corrected chi connectivity index (χ1v) is 3.90. The second-order valence-corrected chi connectivity index (χ2v) is 2.97. The molecule has 0 amide bonds. The second kappa shape index (κ2) is 3.32. The van der Waals surface area contributed by atoms with Gasteiger partial charge in [0, 0.05) is 19.6 Å². The van der Waals surface area contributed by atoms with Crippen LogP contribution in [0.5, 0.6) is 0 Å². The van der Waals surface area contributed by atoms with Gasteiger partial charge >= 0.3 is 0 Å². The van der Waals surface area contributed by atoms with E-state index in [1.165, 1.54) is 12.8 Å². The number of nitrogens with zero attached hydrogens (tertiary/aromatic N) is 1. The van der Waals surface area contributed by atoms with Crippen LogP contribution in [0.2, 0.25) is 0 Å². The van der Waals surface area contributed by atoms with Crippen molar-refractivity contribution in [1.29, 1.82) is 0 Å². The molecular weight excluding hydrogens is 126 g/mol. The lowest BCUT2D eigenvalue weighted by molar-refractivity contribution is 0.167. The van der Waals surface area contributed by atoms with Crippen LogP contribution in [0.3, 0.4) is 0 Å². The van der Waals surface area contributed by atoms with Crippen LogP contribution in [0, 0.1) is 5.92 Å². The van der Waals surface area contributed by atoms with Gasteiger partial charge in [-0.15, -0.1) is 0 Å². The van der Waals surface area contributed by atoms with E-state index in [4.69, 9.17) is 5.73 Å². The second-order valence-electron chi connectivity index (χ2n) is 2.97. The van der Waals surface area contributed by atoms with Crippen molar-refractivity contribution < 1.29 is 0 Å². The Morgan fingerprint density at radius 3 is 2.60 bits per heavy atom. The zero-order chi connectivity index (χ0) is 7.56. The van der Waals surface area contributed by atoms with Crippen molar-refractivity contribution in [3.05, 3.63) is 0 Å². The van der Waals surface area contributed by atoms with E-state index in [1.54, 1.807) is 0 Å². The highest BCUT2D eigenvalue weighted by Gasteiger charge is 2.32. The molecule has 0 aromatic heterocycles. The van der Waals surface area contributed by atoms with Crippen LogP contribution in [-0.4, -0.2) is 31.7 Å². The smallest absolute Gasteiger partial charge is 0.0390 e. The molecule has 0 spiro atoms. The van der Waals surface area contributed by atoms with Crippen LogP contribution in [0.15, 0.2) is 0 Å². The molecular formula is C7H17N3. The Balaban J connectivity index is 2.30. The first-order chi connectivity index (χ1) is 4.79. The summed E-state index contributed by atoms with van der Waals surface area (Å²) >= 11 is 0. The van der Waals surface area contributed by atoms with Gasteiger partial charge in [0.05, 0.1) is 0 Å². The van der Waals surface area contributed by atoms with Gasteiger partial charge in [-0.05, 0) is 25.8 Å². The summed E-state index contributed by atoms with van der Waals surface area (Å²) in [5, 5.41) is 2.11. The summed E-state index contributed by atoms with van der Waals surface area (Å²) in [5.41, 5.74) is 8.70.